The predicted octanol–water partition coefficient (Wildman–Crippen LogP) is 8.62. The molecular weight excluding hydrogens is 835 g/mol. The van der Waals surface area contributed by atoms with Gasteiger partial charge in [-0.25, -0.2) is 17.6 Å². The Labute approximate surface area is 339 Å². The number of amides is 2. The zero-order valence-electron chi connectivity index (χ0n) is 31.7. The van der Waals surface area contributed by atoms with Gasteiger partial charge < -0.3 is 20.2 Å². The molecule has 2 N–H and O–H groups in total. The van der Waals surface area contributed by atoms with Crippen LogP contribution in [-0.2, 0) is 35.5 Å². The van der Waals surface area contributed by atoms with Crippen molar-refractivity contribution in [2.75, 3.05) is 23.9 Å². The minimum Gasteiger partial charge on any atom is -0.461 e. The highest BCUT2D eigenvalue weighted by Crippen LogP contribution is 2.53. The first-order valence-corrected chi connectivity index (χ1v) is 19.9. The van der Waals surface area contributed by atoms with E-state index in [4.69, 9.17) is 21.2 Å². The number of nitrogens with one attached hydrogen (secondary N) is 2. The van der Waals surface area contributed by atoms with Crippen LogP contribution in [0, 0.1) is 6.92 Å². The first-order chi connectivity index (χ1) is 27.4. The Hall–Kier alpha value is -5.49. The van der Waals surface area contributed by atoms with Crippen LogP contribution in [0.25, 0.3) is 0 Å². The standard InChI is InChI=1S/C22H20ClF7N2O4S.C18H17NO3/c1-11-9-13(20(24,21(25,26)27)22(28,29)30)7-8-16(11)32-18(33)14-5-4-6-15(23)17(14)19(34)31-12(2)10-37(3,35)36;1-2-21-17(20)16-13-18(22-19-16,14-9-5-3-6-10-14)15-11-7-4-8-12-15/h4-9,12H,10H2,1-3H3,(H,31,34)(H,32,33);3-12H,2,13H2,1H3/t12-;/m0./s1. The molecular formula is C40H37ClF7N3O7S. The number of esters is 1. The van der Waals surface area contributed by atoms with Gasteiger partial charge in [0.15, 0.2) is 11.3 Å². The number of aryl methyl sites for hydroxylation is 1. The zero-order valence-corrected chi connectivity index (χ0v) is 33.2. The number of oxime groups is 1. The first kappa shape index (κ1) is 46.2. The van der Waals surface area contributed by atoms with Crippen molar-refractivity contribution in [1.29, 1.82) is 0 Å². The average Bonchev–Trinajstić information content (AvgIpc) is 3.61. The second-order valence-electron chi connectivity index (χ2n) is 13.4. The molecule has 5 rings (SSSR count). The largest absolute Gasteiger partial charge is 0.461 e. The fourth-order valence-corrected chi connectivity index (χ4v) is 7.33. The molecule has 0 bridgehead atoms. The van der Waals surface area contributed by atoms with Crippen molar-refractivity contribution in [3.63, 3.8) is 0 Å². The number of halogens is 8. The molecule has 0 spiro atoms. The number of alkyl halides is 7. The number of rotatable bonds is 11. The summed E-state index contributed by atoms with van der Waals surface area (Å²) in [5.74, 6) is -2.76. The minimum absolute atomic E-state index is 0.193. The molecule has 19 heteroatoms. The summed E-state index contributed by atoms with van der Waals surface area (Å²) in [5.41, 5.74) is -7.19. The van der Waals surface area contributed by atoms with Crippen LogP contribution in [0.4, 0.5) is 36.4 Å². The second-order valence-corrected chi connectivity index (χ2v) is 15.9. The van der Waals surface area contributed by atoms with Crippen LogP contribution in [0.5, 0.6) is 0 Å². The number of benzene rings is 4. The Morgan fingerprint density at radius 1 is 0.864 bits per heavy atom. The van der Waals surface area contributed by atoms with Gasteiger partial charge in [-0.05, 0) is 44.5 Å². The molecule has 4 aromatic carbocycles. The highest BCUT2D eigenvalue weighted by atomic mass is 35.5. The van der Waals surface area contributed by atoms with Gasteiger partial charge in [-0.1, -0.05) is 95.6 Å². The number of ether oxygens (including phenoxy) is 1. The minimum atomic E-state index is -6.31. The van der Waals surface area contributed by atoms with Crippen LogP contribution in [-0.4, -0.2) is 68.9 Å². The van der Waals surface area contributed by atoms with Crippen molar-refractivity contribution in [1.82, 2.24) is 5.32 Å². The Balaban J connectivity index is 0.000000295. The third-order valence-corrected chi connectivity index (χ3v) is 10.2. The predicted molar refractivity (Wildman–Crippen MR) is 206 cm³/mol. The molecule has 316 valence electrons. The Bertz CT molecular complexity index is 2250. The summed E-state index contributed by atoms with van der Waals surface area (Å²) in [7, 11) is -3.46. The van der Waals surface area contributed by atoms with E-state index in [1.54, 1.807) is 6.92 Å². The van der Waals surface area contributed by atoms with Crippen molar-refractivity contribution in [2.45, 2.75) is 56.9 Å². The molecule has 4 aromatic rings. The lowest BCUT2D eigenvalue weighted by atomic mass is 9.82. The first-order valence-electron chi connectivity index (χ1n) is 17.5. The van der Waals surface area contributed by atoms with E-state index in [0.29, 0.717) is 30.9 Å². The lowest BCUT2D eigenvalue weighted by Gasteiger charge is -2.30. The fraction of sp³-hybridized carbons (Fsp3) is 0.300. The molecule has 0 radical (unpaired) electrons. The van der Waals surface area contributed by atoms with Gasteiger partial charge in [0.05, 0.1) is 34.9 Å². The molecule has 1 atom stereocenters. The molecule has 0 aromatic heterocycles. The van der Waals surface area contributed by atoms with E-state index in [0.717, 1.165) is 24.3 Å². The van der Waals surface area contributed by atoms with Crippen LogP contribution >= 0.6 is 11.6 Å². The molecule has 0 fully saturated rings. The maximum atomic E-state index is 14.3. The van der Waals surface area contributed by atoms with E-state index in [9.17, 15) is 53.5 Å². The van der Waals surface area contributed by atoms with Gasteiger partial charge in [-0.15, -0.1) is 0 Å². The van der Waals surface area contributed by atoms with Crippen LogP contribution in [0.2, 0.25) is 5.02 Å². The molecule has 1 heterocycles. The van der Waals surface area contributed by atoms with Gasteiger partial charge in [0.25, 0.3) is 11.8 Å². The van der Waals surface area contributed by atoms with E-state index < -0.39 is 68.6 Å². The molecule has 0 saturated heterocycles. The van der Waals surface area contributed by atoms with Crippen molar-refractivity contribution in [3.8, 4) is 0 Å². The Morgan fingerprint density at radius 2 is 1.42 bits per heavy atom. The number of carbonyl (C=O) groups is 3. The molecule has 59 heavy (non-hydrogen) atoms. The summed E-state index contributed by atoms with van der Waals surface area (Å²) in [5, 5.41) is 8.43. The van der Waals surface area contributed by atoms with Crippen molar-refractivity contribution in [3.05, 3.63) is 135 Å². The molecule has 2 amide bonds. The van der Waals surface area contributed by atoms with E-state index in [2.05, 4.69) is 15.8 Å². The van der Waals surface area contributed by atoms with Crippen LogP contribution in [0.3, 0.4) is 0 Å². The topological polar surface area (TPSA) is 140 Å². The number of anilines is 1. The summed E-state index contributed by atoms with van der Waals surface area (Å²) >= 11 is 6.06. The number of carbonyl (C=O) groups excluding carboxylic acids is 3. The van der Waals surface area contributed by atoms with Crippen molar-refractivity contribution in [2.24, 2.45) is 5.16 Å². The zero-order chi connectivity index (χ0) is 44.0. The molecule has 0 saturated carbocycles. The lowest BCUT2D eigenvalue weighted by molar-refractivity contribution is -0.348. The molecule has 0 unspecified atom stereocenters. The summed E-state index contributed by atoms with van der Waals surface area (Å²) in [6, 6.07) is 23.7. The van der Waals surface area contributed by atoms with Gasteiger partial charge in [0, 0.05) is 34.7 Å². The van der Waals surface area contributed by atoms with Gasteiger partial charge >= 0.3 is 24.0 Å². The molecule has 1 aliphatic rings. The lowest BCUT2D eigenvalue weighted by Crippen LogP contribution is -2.50. The second kappa shape index (κ2) is 18.2. The van der Waals surface area contributed by atoms with Crippen LogP contribution in [0.15, 0.2) is 102 Å². The Kier molecular flexibility index (Phi) is 14.2. The summed E-state index contributed by atoms with van der Waals surface area (Å²) in [4.78, 5) is 43.3. The normalized spacial score (nSPS) is 14.5. The third kappa shape index (κ3) is 10.6. The third-order valence-electron chi connectivity index (χ3n) is 8.79. The van der Waals surface area contributed by atoms with Gasteiger partial charge in [0.2, 0.25) is 0 Å². The molecule has 0 aliphatic carbocycles. The van der Waals surface area contributed by atoms with Gasteiger partial charge in [0.1, 0.15) is 9.84 Å². The summed E-state index contributed by atoms with van der Waals surface area (Å²) in [6.07, 6.45) is -11.3. The van der Waals surface area contributed by atoms with E-state index in [-0.39, 0.29) is 33.5 Å². The molecule has 1 aliphatic heterocycles. The van der Waals surface area contributed by atoms with Gasteiger partial charge in [-0.2, -0.15) is 26.3 Å². The van der Waals surface area contributed by atoms with Crippen LogP contribution in [0.1, 0.15) is 63.2 Å². The molecule has 10 nitrogen and oxygen atoms in total. The van der Waals surface area contributed by atoms with Crippen LogP contribution < -0.4 is 10.6 Å². The van der Waals surface area contributed by atoms with E-state index in [1.165, 1.54) is 25.1 Å². The van der Waals surface area contributed by atoms with E-state index >= 15 is 0 Å². The number of hydrogen-bond acceptors (Lipinski definition) is 8. The fourth-order valence-electron chi connectivity index (χ4n) is 6.08. The Morgan fingerprint density at radius 3 is 1.92 bits per heavy atom. The quantitative estimate of drug-likeness (QED) is 0.114. The summed E-state index contributed by atoms with van der Waals surface area (Å²) < 4.78 is 121. The highest BCUT2D eigenvalue weighted by Gasteiger charge is 2.73. The maximum Gasteiger partial charge on any atom is 0.435 e. The van der Waals surface area contributed by atoms with Crippen molar-refractivity contribution < 1.29 is 63.1 Å². The summed E-state index contributed by atoms with van der Waals surface area (Å²) in [6.45, 7) is 4.54. The highest BCUT2D eigenvalue weighted by molar-refractivity contribution is 7.90. The maximum absolute atomic E-state index is 14.3. The number of sulfone groups is 1. The number of nitrogens with zero attached hydrogens (tertiary/aromatic N) is 1. The number of hydrogen-bond donors (Lipinski definition) is 2. The van der Waals surface area contributed by atoms with Gasteiger partial charge in [-0.3, -0.25) is 9.59 Å². The van der Waals surface area contributed by atoms with Crippen molar-refractivity contribution >= 4 is 50.6 Å². The monoisotopic (exact) mass is 871 g/mol. The smallest absolute Gasteiger partial charge is 0.435 e. The van der Waals surface area contributed by atoms with E-state index in [1.807, 2.05) is 60.7 Å². The average molecular weight is 872 g/mol. The SMILES string of the molecule is CCOC(=O)C1=NOC(c2ccccc2)(c2ccccc2)C1.Cc1cc(C(F)(C(F)(F)F)C(F)(F)F)ccc1NC(=O)c1cccc(Cl)c1C(=O)N[C@@H](C)CS(C)(=O)=O.